The van der Waals surface area contributed by atoms with Crippen molar-refractivity contribution in [2.24, 2.45) is 0 Å². The predicted octanol–water partition coefficient (Wildman–Crippen LogP) is 2.11. The van der Waals surface area contributed by atoms with Crippen LogP contribution in [0.3, 0.4) is 0 Å². The second-order valence-electron chi connectivity index (χ2n) is 7.27. The maximum absolute atomic E-state index is 14.4. The summed E-state index contributed by atoms with van der Waals surface area (Å²) >= 11 is 0. The Bertz CT molecular complexity index is 1410. The van der Waals surface area contributed by atoms with Gasteiger partial charge in [0.15, 0.2) is 0 Å². The molecule has 0 saturated carbocycles. The highest BCUT2D eigenvalue weighted by atomic mass is 19.4. The summed E-state index contributed by atoms with van der Waals surface area (Å²) in [6.07, 6.45) is -5.47. The maximum Gasteiger partial charge on any atom is 0.425 e. The fraction of sp³-hybridized carbons (Fsp3) is 0.143. The number of nitrogens with zero attached hydrogens (tertiary/aromatic N) is 1. The summed E-state index contributed by atoms with van der Waals surface area (Å²) in [5, 5.41) is 3.58. The van der Waals surface area contributed by atoms with E-state index < -0.39 is 52.0 Å². The largest absolute Gasteiger partial charge is 0.425 e. The van der Waals surface area contributed by atoms with Crippen LogP contribution in [0.4, 0.5) is 23.4 Å². The van der Waals surface area contributed by atoms with Crippen LogP contribution in [-0.4, -0.2) is 27.5 Å². The second kappa shape index (κ2) is 7.43. The molecule has 2 heterocycles. The number of H-pyrrole nitrogens is 1. The molecule has 0 bridgehead atoms. The van der Waals surface area contributed by atoms with E-state index in [1.54, 1.807) is 16.4 Å². The third kappa shape index (κ3) is 3.30. The number of benzene rings is 2. The SMILES string of the molecule is Cc1ccccc1C(=O)N[C@]1(C(F)(F)F)C(=O)Nc2c1c(=O)[nH]c(=O)n2-c1ccc(F)cc1. The lowest BCUT2D eigenvalue weighted by atomic mass is 9.91. The van der Waals surface area contributed by atoms with Gasteiger partial charge < -0.3 is 10.6 Å². The molecule has 2 amide bonds. The number of amides is 2. The zero-order valence-corrected chi connectivity index (χ0v) is 16.7. The van der Waals surface area contributed by atoms with Crippen LogP contribution in [0.15, 0.2) is 58.1 Å². The zero-order chi connectivity index (χ0) is 24.1. The first kappa shape index (κ1) is 22.0. The van der Waals surface area contributed by atoms with Gasteiger partial charge in [-0.15, -0.1) is 0 Å². The quantitative estimate of drug-likeness (QED) is 0.518. The Morgan fingerprint density at radius 3 is 2.27 bits per heavy atom. The molecule has 4 rings (SSSR count). The zero-order valence-electron chi connectivity index (χ0n) is 16.7. The molecule has 2 aromatic carbocycles. The van der Waals surface area contributed by atoms with Gasteiger partial charge in [-0.05, 0) is 42.8 Å². The molecule has 0 fully saturated rings. The molecule has 1 aliphatic heterocycles. The van der Waals surface area contributed by atoms with Crippen molar-refractivity contribution >= 4 is 17.6 Å². The van der Waals surface area contributed by atoms with E-state index in [9.17, 15) is 36.7 Å². The van der Waals surface area contributed by atoms with Gasteiger partial charge >= 0.3 is 11.9 Å². The Balaban J connectivity index is 1.98. The topological polar surface area (TPSA) is 113 Å². The number of carbonyl (C=O) groups is 2. The molecule has 8 nitrogen and oxygen atoms in total. The number of carbonyl (C=O) groups excluding carboxylic acids is 2. The number of aromatic amines is 1. The highest BCUT2D eigenvalue weighted by molar-refractivity contribution is 6.09. The summed E-state index contributed by atoms with van der Waals surface area (Å²) in [5.41, 5.74) is -7.64. The highest BCUT2D eigenvalue weighted by Crippen LogP contribution is 2.45. The lowest BCUT2D eigenvalue weighted by molar-refractivity contribution is -0.196. The standard InChI is InChI=1S/C21H14F4N4O4/c1-10-4-2-3-5-13(10)16(30)28-20(21(23,24)25)14-15(26-18(20)32)29(19(33)27-17(14)31)12-8-6-11(22)7-9-12/h2-9H,1H3,(H,26,32)(H,28,30)(H,27,31,33)/t20-/m0/s1. The van der Waals surface area contributed by atoms with Crippen LogP contribution >= 0.6 is 0 Å². The molecule has 0 spiro atoms. The van der Waals surface area contributed by atoms with Crippen molar-refractivity contribution in [2.45, 2.75) is 18.6 Å². The number of aryl methyl sites for hydroxylation is 1. The Morgan fingerprint density at radius 1 is 1.03 bits per heavy atom. The summed E-state index contributed by atoms with van der Waals surface area (Å²) in [6, 6.07) is 9.74. The highest BCUT2D eigenvalue weighted by Gasteiger charge is 2.68. The van der Waals surface area contributed by atoms with E-state index in [4.69, 9.17) is 0 Å². The summed E-state index contributed by atoms with van der Waals surface area (Å²) in [6.45, 7) is 1.48. The average molecular weight is 462 g/mol. The molecule has 12 heteroatoms. The maximum atomic E-state index is 14.4. The minimum Gasteiger partial charge on any atom is -0.326 e. The Morgan fingerprint density at radius 2 is 1.67 bits per heavy atom. The normalized spacial score (nSPS) is 17.4. The molecule has 1 aromatic heterocycles. The van der Waals surface area contributed by atoms with E-state index in [2.05, 4.69) is 0 Å². The average Bonchev–Trinajstić information content (AvgIpc) is 3.02. The summed E-state index contributed by atoms with van der Waals surface area (Å²) in [4.78, 5) is 52.3. The van der Waals surface area contributed by atoms with Gasteiger partial charge in [0.25, 0.3) is 22.9 Å². The number of aromatic nitrogens is 2. The lowest BCUT2D eigenvalue weighted by Crippen LogP contribution is -2.62. The van der Waals surface area contributed by atoms with Crippen molar-refractivity contribution in [3.63, 3.8) is 0 Å². The fourth-order valence-corrected chi connectivity index (χ4v) is 3.68. The number of anilines is 1. The molecular formula is C21H14F4N4O4. The summed E-state index contributed by atoms with van der Waals surface area (Å²) < 4.78 is 57.2. The van der Waals surface area contributed by atoms with Crippen LogP contribution in [0.25, 0.3) is 5.69 Å². The molecule has 33 heavy (non-hydrogen) atoms. The minimum absolute atomic E-state index is 0.127. The van der Waals surface area contributed by atoms with Crippen LogP contribution < -0.4 is 21.9 Å². The Kier molecular flexibility index (Phi) is 4.95. The van der Waals surface area contributed by atoms with Gasteiger partial charge in [0.2, 0.25) is 0 Å². The molecule has 0 unspecified atom stereocenters. The third-order valence-electron chi connectivity index (χ3n) is 5.26. The van der Waals surface area contributed by atoms with E-state index >= 15 is 0 Å². The van der Waals surface area contributed by atoms with Crippen LogP contribution in [0, 0.1) is 12.7 Å². The van der Waals surface area contributed by atoms with Gasteiger partial charge in [-0.1, -0.05) is 18.2 Å². The number of fused-ring (bicyclic) bond motifs is 1. The molecule has 0 aliphatic carbocycles. The molecule has 0 saturated heterocycles. The molecule has 170 valence electrons. The van der Waals surface area contributed by atoms with Crippen molar-refractivity contribution in [1.29, 1.82) is 0 Å². The lowest BCUT2D eigenvalue weighted by Gasteiger charge is -2.30. The van der Waals surface area contributed by atoms with E-state index in [1.807, 2.05) is 5.32 Å². The second-order valence-corrected chi connectivity index (χ2v) is 7.27. The molecule has 1 aliphatic rings. The predicted molar refractivity (Wildman–Crippen MR) is 108 cm³/mol. The Labute approximate surface area is 181 Å². The van der Waals surface area contributed by atoms with Gasteiger partial charge in [-0.2, -0.15) is 13.2 Å². The van der Waals surface area contributed by atoms with Crippen LogP contribution in [-0.2, 0) is 10.3 Å². The number of hydrogen-bond acceptors (Lipinski definition) is 4. The van der Waals surface area contributed by atoms with Gasteiger partial charge in [0, 0.05) is 5.56 Å². The van der Waals surface area contributed by atoms with Gasteiger partial charge in [0.05, 0.1) is 5.69 Å². The molecule has 3 aromatic rings. The first-order valence-electron chi connectivity index (χ1n) is 9.39. The van der Waals surface area contributed by atoms with Crippen LogP contribution in [0.2, 0.25) is 0 Å². The van der Waals surface area contributed by atoms with Crippen molar-refractivity contribution < 1.29 is 27.2 Å². The van der Waals surface area contributed by atoms with Gasteiger partial charge in [-0.25, -0.2) is 13.8 Å². The van der Waals surface area contributed by atoms with Crippen molar-refractivity contribution in [1.82, 2.24) is 14.9 Å². The number of nitrogens with one attached hydrogen (secondary N) is 3. The van der Waals surface area contributed by atoms with Gasteiger partial charge in [-0.3, -0.25) is 19.4 Å². The number of rotatable bonds is 3. The number of halogens is 4. The van der Waals surface area contributed by atoms with E-state index in [0.29, 0.717) is 10.1 Å². The van der Waals surface area contributed by atoms with E-state index in [0.717, 1.165) is 24.3 Å². The summed E-state index contributed by atoms with van der Waals surface area (Å²) in [7, 11) is 0. The van der Waals surface area contributed by atoms with E-state index in [1.165, 1.54) is 25.1 Å². The van der Waals surface area contributed by atoms with Gasteiger partial charge in [0.1, 0.15) is 17.2 Å². The van der Waals surface area contributed by atoms with Crippen LogP contribution in [0.5, 0.6) is 0 Å². The fourth-order valence-electron chi connectivity index (χ4n) is 3.68. The Hall–Kier alpha value is -4.22. The molecule has 3 N–H and O–H groups in total. The van der Waals surface area contributed by atoms with Crippen molar-refractivity contribution in [3.05, 3.63) is 91.9 Å². The molecular weight excluding hydrogens is 448 g/mol. The monoisotopic (exact) mass is 462 g/mol. The van der Waals surface area contributed by atoms with E-state index in [-0.39, 0.29) is 11.3 Å². The van der Waals surface area contributed by atoms with Crippen molar-refractivity contribution in [3.8, 4) is 5.69 Å². The first-order valence-corrected chi connectivity index (χ1v) is 9.39. The smallest absolute Gasteiger partial charge is 0.326 e. The number of alkyl halides is 3. The first-order chi connectivity index (χ1) is 15.5. The third-order valence-corrected chi connectivity index (χ3v) is 5.26. The molecule has 0 radical (unpaired) electrons. The van der Waals surface area contributed by atoms with Crippen LogP contribution in [0.1, 0.15) is 21.5 Å². The molecule has 1 atom stereocenters. The van der Waals surface area contributed by atoms with Crippen molar-refractivity contribution in [2.75, 3.05) is 5.32 Å². The minimum atomic E-state index is -5.47. The number of hydrogen-bond donors (Lipinski definition) is 3. The summed E-state index contributed by atoms with van der Waals surface area (Å²) in [5.74, 6) is -4.51.